The van der Waals surface area contributed by atoms with Gasteiger partial charge in [0.15, 0.2) is 5.96 Å². The summed E-state index contributed by atoms with van der Waals surface area (Å²) in [5.41, 5.74) is 0.163. The molecule has 21 heavy (non-hydrogen) atoms. The molecule has 0 bridgehead atoms. The smallest absolute Gasteiger partial charge is 0.193 e. The number of ether oxygens (including phenoxy) is 1. The highest BCUT2D eigenvalue weighted by atomic mass is 16.5. The van der Waals surface area contributed by atoms with E-state index in [9.17, 15) is 5.11 Å². The zero-order valence-corrected chi connectivity index (χ0v) is 13.5. The maximum atomic E-state index is 9.65. The average molecular weight is 295 g/mol. The predicted octanol–water partition coefficient (Wildman–Crippen LogP) is 1.22. The molecule has 2 saturated heterocycles. The third kappa shape index (κ3) is 2.66. The van der Waals surface area contributed by atoms with Crippen LogP contribution >= 0.6 is 0 Å². The number of aliphatic hydroxyl groups excluding tert-OH is 1. The van der Waals surface area contributed by atoms with E-state index in [-0.39, 0.29) is 11.5 Å². The summed E-state index contributed by atoms with van der Waals surface area (Å²) in [6, 6.07) is 0.438. The predicted molar refractivity (Wildman–Crippen MR) is 83.3 cm³/mol. The fourth-order valence-corrected chi connectivity index (χ4v) is 4.33. The van der Waals surface area contributed by atoms with Crippen molar-refractivity contribution in [2.24, 2.45) is 16.3 Å². The van der Waals surface area contributed by atoms with Crippen LogP contribution < -0.4 is 5.32 Å². The van der Waals surface area contributed by atoms with E-state index in [2.05, 4.69) is 29.1 Å². The summed E-state index contributed by atoms with van der Waals surface area (Å²) in [7, 11) is 1.86. The summed E-state index contributed by atoms with van der Waals surface area (Å²) in [6.45, 7) is 7.28. The van der Waals surface area contributed by atoms with Crippen LogP contribution in [0.3, 0.4) is 0 Å². The van der Waals surface area contributed by atoms with E-state index in [0.29, 0.717) is 18.1 Å². The number of likely N-dealkylation sites (tertiary alicyclic amines) is 1. The zero-order chi connectivity index (χ0) is 15.0. The van der Waals surface area contributed by atoms with Crippen LogP contribution in [0.1, 0.15) is 39.5 Å². The average Bonchev–Trinajstić information content (AvgIpc) is 2.49. The summed E-state index contributed by atoms with van der Waals surface area (Å²) < 4.78 is 5.97. The van der Waals surface area contributed by atoms with E-state index in [1.807, 2.05) is 7.05 Å². The molecule has 0 aromatic rings. The molecule has 0 amide bonds. The summed E-state index contributed by atoms with van der Waals surface area (Å²) >= 11 is 0. The van der Waals surface area contributed by atoms with E-state index in [0.717, 1.165) is 38.5 Å². The molecule has 2 heterocycles. The Balaban J connectivity index is 1.64. The molecule has 0 aromatic heterocycles. The molecule has 1 saturated carbocycles. The topological polar surface area (TPSA) is 57.1 Å². The Bertz CT molecular complexity index is 402. The molecule has 5 heteroatoms. The van der Waals surface area contributed by atoms with Crippen molar-refractivity contribution in [1.82, 2.24) is 10.2 Å². The van der Waals surface area contributed by atoms with E-state index in [4.69, 9.17) is 4.74 Å². The number of guanidine groups is 1. The molecular formula is C16H29N3O2. The van der Waals surface area contributed by atoms with Crippen LogP contribution in [0, 0.1) is 11.3 Å². The van der Waals surface area contributed by atoms with Crippen LogP contribution in [0.5, 0.6) is 0 Å². The Hall–Kier alpha value is -0.810. The van der Waals surface area contributed by atoms with Crippen molar-refractivity contribution in [2.45, 2.75) is 57.8 Å². The van der Waals surface area contributed by atoms with Gasteiger partial charge in [0.1, 0.15) is 0 Å². The summed E-state index contributed by atoms with van der Waals surface area (Å²) in [5.74, 6) is 1.60. The van der Waals surface area contributed by atoms with Crippen molar-refractivity contribution >= 4 is 5.96 Å². The van der Waals surface area contributed by atoms with E-state index >= 15 is 0 Å². The third-order valence-corrected chi connectivity index (χ3v) is 5.59. The van der Waals surface area contributed by atoms with Gasteiger partial charge < -0.3 is 20.1 Å². The fourth-order valence-electron chi connectivity index (χ4n) is 4.33. The quantitative estimate of drug-likeness (QED) is 0.564. The van der Waals surface area contributed by atoms with E-state index in [1.165, 1.54) is 12.8 Å². The molecule has 0 radical (unpaired) electrons. The zero-order valence-electron chi connectivity index (χ0n) is 13.5. The minimum atomic E-state index is -0.143. The molecule has 2 N–H and O–H groups in total. The monoisotopic (exact) mass is 295 g/mol. The van der Waals surface area contributed by atoms with E-state index < -0.39 is 0 Å². The van der Waals surface area contributed by atoms with Gasteiger partial charge in [0.25, 0.3) is 0 Å². The number of rotatable bonds is 1. The van der Waals surface area contributed by atoms with Gasteiger partial charge in [0.2, 0.25) is 0 Å². The first-order valence-corrected chi connectivity index (χ1v) is 8.32. The number of fused-ring (bicyclic) bond motifs is 1. The molecule has 5 nitrogen and oxygen atoms in total. The normalized spacial score (nSPS) is 36.9. The highest BCUT2D eigenvalue weighted by Crippen LogP contribution is 2.51. The van der Waals surface area contributed by atoms with Crippen molar-refractivity contribution < 1.29 is 9.84 Å². The maximum Gasteiger partial charge on any atom is 0.193 e. The highest BCUT2D eigenvalue weighted by molar-refractivity contribution is 5.80. The molecule has 2 aliphatic heterocycles. The number of hydrogen-bond acceptors (Lipinski definition) is 3. The summed E-state index contributed by atoms with van der Waals surface area (Å²) in [4.78, 5) is 6.75. The molecule has 0 spiro atoms. The SMILES string of the molecule is CN=C(NC1C2CCCOC2C1(C)C)N1CCC(O)CC1. The number of nitrogens with zero attached hydrogens (tertiary/aromatic N) is 2. The molecular weight excluding hydrogens is 266 g/mol. The van der Waals surface area contributed by atoms with Gasteiger partial charge in [0, 0.05) is 44.1 Å². The first kappa shape index (κ1) is 15.1. The Morgan fingerprint density at radius 2 is 2.00 bits per heavy atom. The van der Waals surface area contributed by atoms with Crippen LogP contribution in [-0.2, 0) is 4.74 Å². The number of nitrogens with one attached hydrogen (secondary N) is 1. The van der Waals surface area contributed by atoms with Crippen molar-refractivity contribution in [1.29, 1.82) is 0 Å². The van der Waals surface area contributed by atoms with Gasteiger partial charge in [-0.3, -0.25) is 4.99 Å². The molecule has 120 valence electrons. The Morgan fingerprint density at radius 3 is 2.67 bits per heavy atom. The highest BCUT2D eigenvalue weighted by Gasteiger charge is 2.58. The lowest BCUT2D eigenvalue weighted by molar-refractivity contribution is -0.188. The van der Waals surface area contributed by atoms with Gasteiger partial charge >= 0.3 is 0 Å². The largest absolute Gasteiger partial charge is 0.393 e. The Labute approximate surface area is 127 Å². The van der Waals surface area contributed by atoms with Crippen LogP contribution in [0.15, 0.2) is 4.99 Å². The molecule has 0 aromatic carbocycles. The molecule has 3 atom stereocenters. The summed E-state index contributed by atoms with van der Waals surface area (Å²) in [6.07, 6.45) is 4.35. The van der Waals surface area contributed by atoms with Crippen molar-refractivity contribution in [2.75, 3.05) is 26.7 Å². The summed E-state index contributed by atoms with van der Waals surface area (Å²) in [5, 5.41) is 13.3. The maximum absolute atomic E-state index is 9.65. The Kier molecular flexibility index (Phi) is 4.14. The third-order valence-electron chi connectivity index (χ3n) is 5.59. The van der Waals surface area contributed by atoms with E-state index in [1.54, 1.807) is 0 Å². The molecule has 3 unspecified atom stereocenters. The number of piperidine rings is 1. The standard InChI is InChI=1S/C16H29N3O2/c1-16(2)13(12-5-4-10-21-14(12)16)18-15(17-3)19-8-6-11(20)7-9-19/h11-14,20H,4-10H2,1-3H3,(H,17,18). The second-order valence-electron chi connectivity index (χ2n) is 7.31. The lowest BCUT2D eigenvalue weighted by atomic mass is 9.55. The van der Waals surface area contributed by atoms with Gasteiger partial charge in [-0.05, 0) is 25.7 Å². The van der Waals surface area contributed by atoms with Crippen molar-refractivity contribution in [3.8, 4) is 0 Å². The van der Waals surface area contributed by atoms with Crippen LogP contribution in [0.2, 0.25) is 0 Å². The number of hydrogen-bond donors (Lipinski definition) is 2. The van der Waals surface area contributed by atoms with Gasteiger partial charge in [-0.15, -0.1) is 0 Å². The van der Waals surface area contributed by atoms with Crippen LogP contribution in [-0.4, -0.2) is 61.0 Å². The van der Waals surface area contributed by atoms with Gasteiger partial charge in [0.05, 0.1) is 12.2 Å². The van der Waals surface area contributed by atoms with Crippen molar-refractivity contribution in [3.05, 3.63) is 0 Å². The molecule has 3 aliphatic rings. The van der Waals surface area contributed by atoms with Gasteiger partial charge in [-0.2, -0.15) is 0 Å². The lowest BCUT2D eigenvalue weighted by Crippen LogP contribution is -2.71. The Morgan fingerprint density at radius 1 is 1.29 bits per heavy atom. The number of aliphatic hydroxyl groups is 1. The molecule has 1 aliphatic carbocycles. The van der Waals surface area contributed by atoms with Gasteiger partial charge in [-0.25, -0.2) is 0 Å². The molecule has 3 rings (SSSR count). The lowest BCUT2D eigenvalue weighted by Gasteiger charge is -2.60. The van der Waals surface area contributed by atoms with Crippen LogP contribution in [0.4, 0.5) is 0 Å². The fraction of sp³-hybridized carbons (Fsp3) is 0.938. The second kappa shape index (κ2) is 5.76. The minimum Gasteiger partial charge on any atom is -0.393 e. The minimum absolute atomic E-state index is 0.143. The second-order valence-corrected chi connectivity index (χ2v) is 7.31. The van der Waals surface area contributed by atoms with Gasteiger partial charge in [-0.1, -0.05) is 13.8 Å². The molecule has 3 fully saturated rings. The first-order chi connectivity index (χ1) is 10.0. The first-order valence-electron chi connectivity index (χ1n) is 8.32. The van der Waals surface area contributed by atoms with Crippen molar-refractivity contribution in [3.63, 3.8) is 0 Å². The van der Waals surface area contributed by atoms with Crippen LogP contribution in [0.25, 0.3) is 0 Å². The number of aliphatic imine (C=N–C) groups is 1.